The van der Waals surface area contributed by atoms with Crippen molar-refractivity contribution in [1.29, 1.82) is 0 Å². The van der Waals surface area contributed by atoms with Crippen molar-refractivity contribution in [3.8, 4) is 0 Å². The maximum absolute atomic E-state index is 12.4. The third-order valence-corrected chi connectivity index (χ3v) is 5.03. The van der Waals surface area contributed by atoms with Gasteiger partial charge in [0.2, 0.25) is 5.91 Å². The highest BCUT2D eigenvalue weighted by Crippen LogP contribution is 2.26. The number of morpholine rings is 1. The van der Waals surface area contributed by atoms with Gasteiger partial charge in [-0.25, -0.2) is 0 Å². The lowest BCUT2D eigenvalue weighted by Gasteiger charge is -2.30. The van der Waals surface area contributed by atoms with Gasteiger partial charge < -0.3 is 20.3 Å². The van der Waals surface area contributed by atoms with Crippen LogP contribution in [0.3, 0.4) is 0 Å². The minimum Gasteiger partial charge on any atom is -0.397 e. The van der Waals surface area contributed by atoms with Crippen molar-refractivity contribution in [3.05, 3.63) is 23.8 Å². The van der Waals surface area contributed by atoms with Gasteiger partial charge in [0.15, 0.2) is 0 Å². The first-order valence-corrected chi connectivity index (χ1v) is 9.23. The number of nitrogen functional groups attached to an aromatic ring is 1. The van der Waals surface area contributed by atoms with E-state index < -0.39 is 0 Å². The number of anilines is 2. The fourth-order valence-electron chi connectivity index (χ4n) is 3.58. The summed E-state index contributed by atoms with van der Waals surface area (Å²) in [6, 6.07) is 6.23. The molecule has 132 valence electrons. The lowest BCUT2D eigenvalue weighted by Crippen LogP contribution is -2.36. The van der Waals surface area contributed by atoms with Gasteiger partial charge in [-0.05, 0) is 37.0 Å². The van der Waals surface area contributed by atoms with Crippen LogP contribution in [0.2, 0.25) is 0 Å². The molecule has 2 N–H and O–H groups in total. The molecular formula is C19H29N3O2. The molecule has 5 heteroatoms. The van der Waals surface area contributed by atoms with E-state index in [0.29, 0.717) is 6.42 Å². The van der Waals surface area contributed by atoms with Crippen molar-refractivity contribution in [2.45, 2.75) is 38.5 Å². The summed E-state index contributed by atoms with van der Waals surface area (Å²) in [5.74, 6) is 0.285. The topological polar surface area (TPSA) is 58.8 Å². The van der Waals surface area contributed by atoms with E-state index in [4.69, 9.17) is 10.5 Å². The molecule has 2 heterocycles. The molecule has 2 aliphatic rings. The van der Waals surface area contributed by atoms with Crippen LogP contribution in [0.15, 0.2) is 18.2 Å². The Morgan fingerprint density at radius 2 is 1.75 bits per heavy atom. The van der Waals surface area contributed by atoms with E-state index in [1.807, 2.05) is 11.0 Å². The maximum Gasteiger partial charge on any atom is 0.222 e. The molecule has 2 fully saturated rings. The van der Waals surface area contributed by atoms with Crippen molar-refractivity contribution in [1.82, 2.24) is 4.90 Å². The number of carbonyl (C=O) groups is 1. The van der Waals surface area contributed by atoms with Crippen molar-refractivity contribution < 1.29 is 9.53 Å². The minimum atomic E-state index is 0.285. The molecule has 0 atom stereocenters. The molecule has 0 saturated carbocycles. The van der Waals surface area contributed by atoms with Gasteiger partial charge in [0.05, 0.1) is 24.6 Å². The van der Waals surface area contributed by atoms with E-state index in [1.54, 1.807) is 0 Å². The zero-order valence-corrected chi connectivity index (χ0v) is 14.5. The molecule has 2 aliphatic heterocycles. The first-order chi connectivity index (χ1) is 11.7. The first kappa shape index (κ1) is 17.1. The second kappa shape index (κ2) is 8.38. The fourth-order valence-corrected chi connectivity index (χ4v) is 3.58. The van der Waals surface area contributed by atoms with Gasteiger partial charge in [-0.15, -0.1) is 0 Å². The highest BCUT2D eigenvalue weighted by atomic mass is 16.5. The van der Waals surface area contributed by atoms with E-state index in [2.05, 4.69) is 17.0 Å². The van der Waals surface area contributed by atoms with Crippen LogP contribution in [-0.2, 0) is 16.0 Å². The van der Waals surface area contributed by atoms with Gasteiger partial charge in [0, 0.05) is 32.6 Å². The van der Waals surface area contributed by atoms with Crippen molar-refractivity contribution in [2.75, 3.05) is 50.0 Å². The molecule has 0 aliphatic carbocycles. The number of carbonyl (C=O) groups excluding carboxylic acids is 1. The number of rotatable bonds is 4. The van der Waals surface area contributed by atoms with Gasteiger partial charge in [0.1, 0.15) is 0 Å². The third kappa shape index (κ3) is 4.41. The number of hydrogen-bond acceptors (Lipinski definition) is 4. The third-order valence-electron chi connectivity index (χ3n) is 5.03. The second-order valence-corrected chi connectivity index (χ2v) is 6.79. The van der Waals surface area contributed by atoms with Gasteiger partial charge in [-0.2, -0.15) is 0 Å². The van der Waals surface area contributed by atoms with Crippen LogP contribution in [0.4, 0.5) is 11.4 Å². The molecule has 2 saturated heterocycles. The van der Waals surface area contributed by atoms with Crippen LogP contribution in [0.5, 0.6) is 0 Å². The van der Waals surface area contributed by atoms with E-state index >= 15 is 0 Å². The number of nitrogens with two attached hydrogens (primary N) is 1. The maximum atomic E-state index is 12.4. The lowest BCUT2D eigenvalue weighted by atomic mass is 10.1. The van der Waals surface area contributed by atoms with Crippen LogP contribution < -0.4 is 10.6 Å². The standard InChI is InChI=1S/C19H29N3O2/c20-17-15-16(5-7-18(17)21-11-13-24-14-12-21)6-8-19(23)22-9-3-1-2-4-10-22/h5,7,15H,1-4,6,8-14,20H2. The van der Waals surface area contributed by atoms with Crippen LogP contribution in [0.1, 0.15) is 37.7 Å². The Labute approximate surface area is 144 Å². The van der Waals surface area contributed by atoms with Crippen molar-refractivity contribution >= 4 is 17.3 Å². The van der Waals surface area contributed by atoms with Crippen LogP contribution in [-0.4, -0.2) is 50.2 Å². The van der Waals surface area contributed by atoms with Gasteiger partial charge >= 0.3 is 0 Å². The van der Waals surface area contributed by atoms with Gasteiger partial charge in [0.25, 0.3) is 0 Å². The molecule has 3 rings (SSSR count). The van der Waals surface area contributed by atoms with Gasteiger partial charge in [-0.3, -0.25) is 4.79 Å². The normalized spacial score (nSPS) is 19.2. The molecule has 0 unspecified atom stereocenters. The Hall–Kier alpha value is -1.75. The SMILES string of the molecule is Nc1cc(CCC(=O)N2CCCCCC2)ccc1N1CCOCC1. The zero-order chi connectivity index (χ0) is 16.8. The Kier molecular flexibility index (Phi) is 5.96. The smallest absolute Gasteiger partial charge is 0.222 e. The molecule has 0 spiro atoms. The van der Waals surface area contributed by atoms with Crippen LogP contribution >= 0.6 is 0 Å². The summed E-state index contributed by atoms with van der Waals surface area (Å²) in [6.07, 6.45) is 6.14. The number of likely N-dealkylation sites (tertiary alicyclic amines) is 1. The largest absolute Gasteiger partial charge is 0.397 e. The Balaban J connectivity index is 1.55. The molecular weight excluding hydrogens is 302 g/mol. The molecule has 0 radical (unpaired) electrons. The Morgan fingerprint density at radius 1 is 1.04 bits per heavy atom. The fraction of sp³-hybridized carbons (Fsp3) is 0.632. The highest BCUT2D eigenvalue weighted by molar-refractivity contribution is 5.76. The summed E-state index contributed by atoms with van der Waals surface area (Å²) < 4.78 is 5.39. The lowest BCUT2D eigenvalue weighted by molar-refractivity contribution is -0.131. The highest BCUT2D eigenvalue weighted by Gasteiger charge is 2.16. The molecule has 1 amide bonds. The number of ether oxygens (including phenoxy) is 1. The summed E-state index contributed by atoms with van der Waals surface area (Å²) in [6.45, 7) is 5.14. The van der Waals surface area contributed by atoms with Gasteiger partial charge in [-0.1, -0.05) is 18.9 Å². The molecule has 5 nitrogen and oxygen atoms in total. The molecule has 1 aromatic rings. The molecule has 0 aromatic heterocycles. The molecule has 1 aromatic carbocycles. The average Bonchev–Trinajstić information content (AvgIpc) is 2.90. The number of amides is 1. The zero-order valence-electron chi connectivity index (χ0n) is 14.5. The Morgan fingerprint density at radius 3 is 2.42 bits per heavy atom. The molecule has 0 bridgehead atoms. The summed E-state index contributed by atoms with van der Waals surface area (Å²) >= 11 is 0. The summed E-state index contributed by atoms with van der Waals surface area (Å²) in [5.41, 5.74) is 9.28. The number of nitrogens with zero attached hydrogens (tertiary/aromatic N) is 2. The second-order valence-electron chi connectivity index (χ2n) is 6.79. The Bertz CT molecular complexity index is 548. The predicted molar refractivity (Wildman–Crippen MR) is 97.3 cm³/mol. The number of hydrogen-bond donors (Lipinski definition) is 1. The minimum absolute atomic E-state index is 0.285. The van der Waals surface area contributed by atoms with E-state index in [9.17, 15) is 4.79 Å². The number of aryl methyl sites for hydroxylation is 1. The van der Waals surface area contributed by atoms with Crippen LogP contribution in [0.25, 0.3) is 0 Å². The quantitative estimate of drug-likeness (QED) is 0.861. The summed E-state index contributed by atoms with van der Waals surface area (Å²) in [4.78, 5) is 16.7. The average molecular weight is 331 g/mol. The van der Waals surface area contributed by atoms with E-state index in [-0.39, 0.29) is 5.91 Å². The monoisotopic (exact) mass is 331 g/mol. The molecule has 24 heavy (non-hydrogen) atoms. The number of benzene rings is 1. The summed E-state index contributed by atoms with van der Waals surface area (Å²) in [7, 11) is 0. The van der Waals surface area contributed by atoms with Crippen LogP contribution in [0, 0.1) is 0 Å². The van der Waals surface area contributed by atoms with E-state index in [0.717, 1.165) is 75.6 Å². The van der Waals surface area contributed by atoms with E-state index in [1.165, 1.54) is 12.8 Å². The predicted octanol–water partition coefficient (Wildman–Crippen LogP) is 2.44. The van der Waals surface area contributed by atoms with Crippen molar-refractivity contribution in [2.24, 2.45) is 0 Å². The first-order valence-electron chi connectivity index (χ1n) is 9.23. The van der Waals surface area contributed by atoms with Crippen molar-refractivity contribution in [3.63, 3.8) is 0 Å². The summed E-state index contributed by atoms with van der Waals surface area (Å²) in [5, 5.41) is 0.